The van der Waals surface area contributed by atoms with Crippen molar-refractivity contribution in [3.8, 4) is 0 Å². The van der Waals surface area contributed by atoms with Crippen LogP contribution in [0.3, 0.4) is 0 Å². The van der Waals surface area contributed by atoms with E-state index in [4.69, 9.17) is 11.5 Å². The summed E-state index contributed by atoms with van der Waals surface area (Å²) in [6, 6.07) is 5.97. The average Bonchev–Trinajstić information content (AvgIpc) is 2.51. The Bertz CT molecular complexity index is 765. The van der Waals surface area contributed by atoms with Gasteiger partial charge in [-0.2, -0.15) is 0 Å². The number of rotatable bonds is 4. The van der Waals surface area contributed by atoms with Crippen molar-refractivity contribution < 1.29 is 23.1 Å². The van der Waals surface area contributed by atoms with Gasteiger partial charge >= 0.3 is 6.09 Å². The zero-order chi connectivity index (χ0) is 17.9. The molecule has 0 radical (unpaired) electrons. The minimum Gasteiger partial charge on any atom is -0.437 e. The van der Waals surface area contributed by atoms with Gasteiger partial charge in [-0.25, -0.2) is 18.6 Å². The Hall–Kier alpha value is -3.23. The minimum atomic E-state index is -1.41. The van der Waals surface area contributed by atoms with Crippen LogP contribution >= 0.6 is 0 Å². The summed E-state index contributed by atoms with van der Waals surface area (Å²) in [4.78, 5) is 28.0. The van der Waals surface area contributed by atoms with Crippen LogP contribution in [0.5, 0.6) is 0 Å². The molecular weight excluding hydrogens is 322 g/mol. The second-order valence-electron chi connectivity index (χ2n) is 4.74. The zero-order valence-electron chi connectivity index (χ0n) is 12.6. The van der Waals surface area contributed by atoms with Crippen LogP contribution < -0.4 is 16.4 Å². The van der Waals surface area contributed by atoms with Gasteiger partial charge in [0.05, 0.1) is 5.69 Å². The van der Waals surface area contributed by atoms with E-state index < -0.39 is 35.4 Å². The number of benzene rings is 1. The highest BCUT2D eigenvalue weighted by molar-refractivity contribution is 6.04. The number of para-hydroxylation sites is 1. The topological polar surface area (TPSA) is 112 Å². The summed E-state index contributed by atoms with van der Waals surface area (Å²) in [6.45, 7) is 1.21. The number of primary amides is 1. The standard InChI is InChI=1S/C15H14F2N4O3/c1-8(24-15(19)23)14(22)21(13-11(18)6-3-7-20-13)12-9(16)4-2-5-10(12)17/h2-8H,18H2,1H3,(H2,19,23). The fourth-order valence-corrected chi connectivity index (χ4v) is 2.03. The van der Waals surface area contributed by atoms with Gasteiger partial charge < -0.3 is 16.2 Å². The number of hydrogen-bond donors (Lipinski definition) is 2. The number of nitrogen functional groups attached to an aromatic ring is 1. The van der Waals surface area contributed by atoms with E-state index in [1.807, 2.05) is 0 Å². The van der Waals surface area contributed by atoms with Gasteiger partial charge in [0.2, 0.25) is 0 Å². The summed E-state index contributed by atoms with van der Waals surface area (Å²) < 4.78 is 32.9. The molecule has 2 aromatic rings. The second kappa shape index (κ2) is 6.90. The number of amides is 2. The van der Waals surface area contributed by atoms with Gasteiger partial charge in [-0.1, -0.05) is 6.07 Å². The molecule has 1 aromatic heterocycles. The Balaban J connectivity index is 2.61. The molecule has 0 aliphatic heterocycles. The molecule has 1 unspecified atom stereocenters. The van der Waals surface area contributed by atoms with Crippen molar-refractivity contribution in [3.05, 3.63) is 48.2 Å². The van der Waals surface area contributed by atoms with Gasteiger partial charge in [0.1, 0.15) is 17.3 Å². The Morgan fingerprint density at radius 1 is 1.21 bits per heavy atom. The number of ether oxygens (including phenoxy) is 1. The maximum atomic E-state index is 14.2. The molecule has 24 heavy (non-hydrogen) atoms. The van der Waals surface area contributed by atoms with Crippen molar-refractivity contribution in [1.29, 1.82) is 0 Å². The Labute approximate surface area is 135 Å². The third-order valence-corrected chi connectivity index (χ3v) is 3.05. The quantitative estimate of drug-likeness (QED) is 0.888. The van der Waals surface area contributed by atoms with Crippen LogP contribution in [-0.4, -0.2) is 23.1 Å². The molecule has 1 atom stereocenters. The van der Waals surface area contributed by atoms with E-state index in [2.05, 4.69) is 9.72 Å². The molecule has 7 nitrogen and oxygen atoms in total. The maximum Gasteiger partial charge on any atom is 0.405 e. The van der Waals surface area contributed by atoms with Crippen molar-refractivity contribution in [1.82, 2.24) is 4.98 Å². The van der Waals surface area contributed by atoms with Crippen LogP contribution in [0.4, 0.5) is 30.8 Å². The lowest BCUT2D eigenvalue weighted by atomic mass is 10.2. The lowest BCUT2D eigenvalue weighted by Crippen LogP contribution is -2.39. The van der Waals surface area contributed by atoms with Crippen LogP contribution in [-0.2, 0) is 9.53 Å². The van der Waals surface area contributed by atoms with E-state index >= 15 is 0 Å². The summed E-state index contributed by atoms with van der Waals surface area (Å²) in [5.74, 6) is -3.20. The fourth-order valence-electron chi connectivity index (χ4n) is 2.03. The van der Waals surface area contributed by atoms with Crippen LogP contribution in [0.25, 0.3) is 0 Å². The Morgan fingerprint density at radius 3 is 2.38 bits per heavy atom. The number of hydrogen-bond acceptors (Lipinski definition) is 5. The average molecular weight is 336 g/mol. The smallest absolute Gasteiger partial charge is 0.405 e. The summed E-state index contributed by atoms with van der Waals surface area (Å²) in [6.07, 6.45) is -1.33. The molecule has 1 aromatic carbocycles. The van der Waals surface area contributed by atoms with Crippen LogP contribution in [0.1, 0.15) is 6.92 Å². The van der Waals surface area contributed by atoms with Gasteiger partial charge in [0, 0.05) is 6.20 Å². The molecule has 2 rings (SSSR count). The molecule has 0 aliphatic carbocycles. The largest absolute Gasteiger partial charge is 0.437 e. The van der Waals surface area contributed by atoms with Gasteiger partial charge in [-0.05, 0) is 31.2 Å². The first-order valence-corrected chi connectivity index (χ1v) is 6.77. The van der Waals surface area contributed by atoms with Gasteiger partial charge in [0.15, 0.2) is 11.9 Å². The molecule has 4 N–H and O–H groups in total. The number of nitrogens with zero attached hydrogens (tertiary/aromatic N) is 2. The molecule has 0 aliphatic rings. The predicted molar refractivity (Wildman–Crippen MR) is 82.3 cm³/mol. The molecule has 126 valence electrons. The molecule has 0 saturated carbocycles. The van der Waals surface area contributed by atoms with E-state index in [0.717, 1.165) is 18.2 Å². The van der Waals surface area contributed by atoms with Crippen LogP contribution in [0.15, 0.2) is 36.5 Å². The van der Waals surface area contributed by atoms with E-state index in [0.29, 0.717) is 4.90 Å². The van der Waals surface area contributed by atoms with Crippen LogP contribution in [0, 0.1) is 11.6 Å². The van der Waals surface area contributed by atoms with Crippen molar-refractivity contribution in [2.24, 2.45) is 5.73 Å². The summed E-state index contributed by atoms with van der Waals surface area (Å²) in [5.41, 5.74) is 9.96. The number of carbonyl (C=O) groups excluding carboxylic acids is 2. The van der Waals surface area contributed by atoms with E-state index in [9.17, 15) is 18.4 Å². The molecule has 9 heteroatoms. The normalized spacial score (nSPS) is 11.6. The van der Waals surface area contributed by atoms with Crippen LogP contribution in [0.2, 0.25) is 0 Å². The molecule has 1 heterocycles. The lowest BCUT2D eigenvalue weighted by Gasteiger charge is -2.26. The van der Waals surface area contributed by atoms with Gasteiger partial charge in [0.25, 0.3) is 5.91 Å². The monoisotopic (exact) mass is 336 g/mol. The Kier molecular flexibility index (Phi) is 4.93. The fraction of sp³-hybridized carbons (Fsp3) is 0.133. The third-order valence-electron chi connectivity index (χ3n) is 3.05. The third kappa shape index (κ3) is 3.40. The van der Waals surface area contributed by atoms with Gasteiger partial charge in [-0.15, -0.1) is 0 Å². The van der Waals surface area contributed by atoms with E-state index in [1.165, 1.54) is 25.3 Å². The molecule has 0 spiro atoms. The number of aromatic nitrogens is 1. The first kappa shape index (κ1) is 17.1. The first-order valence-electron chi connectivity index (χ1n) is 6.77. The highest BCUT2D eigenvalue weighted by Gasteiger charge is 2.32. The van der Waals surface area contributed by atoms with Crippen molar-refractivity contribution in [2.75, 3.05) is 10.6 Å². The maximum absolute atomic E-state index is 14.2. The SMILES string of the molecule is CC(OC(N)=O)C(=O)N(c1ncccc1N)c1c(F)cccc1F. The molecular formula is C15H14F2N4O3. The number of anilines is 3. The van der Waals surface area contributed by atoms with Crippen molar-refractivity contribution in [3.63, 3.8) is 0 Å². The molecule has 0 bridgehead atoms. The van der Waals surface area contributed by atoms with Gasteiger partial charge in [-0.3, -0.25) is 9.69 Å². The predicted octanol–water partition coefficient (Wildman–Crippen LogP) is 2.09. The van der Waals surface area contributed by atoms with E-state index in [1.54, 1.807) is 0 Å². The van der Waals surface area contributed by atoms with Crippen molar-refractivity contribution in [2.45, 2.75) is 13.0 Å². The minimum absolute atomic E-state index is 0.000205. The second-order valence-corrected chi connectivity index (χ2v) is 4.74. The number of pyridine rings is 1. The molecule has 0 saturated heterocycles. The highest BCUT2D eigenvalue weighted by Crippen LogP contribution is 2.33. The van der Waals surface area contributed by atoms with E-state index in [-0.39, 0.29) is 11.5 Å². The summed E-state index contributed by atoms with van der Waals surface area (Å²) in [5, 5.41) is 0. The lowest BCUT2D eigenvalue weighted by molar-refractivity contribution is -0.125. The number of halogens is 2. The zero-order valence-corrected chi connectivity index (χ0v) is 12.6. The Morgan fingerprint density at radius 2 is 1.83 bits per heavy atom. The highest BCUT2D eigenvalue weighted by atomic mass is 19.1. The van der Waals surface area contributed by atoms with Crippen molar-refractivity contribution >= 4 is 29.2 Å². The summed E-state index contributed by atoms with van der Waals surface area (Å²) in [7, 11) is 0. The number of carbonyl (C=O) groups is 2. The molecule has 2 amide bonds. The molecule has 0 fully saturated rings. The first-order chi connectivity index (χ1) is 11.3. The number of nitrogens with two attached hydrogens (primary N) is 2. The summed E-state index contributed by atoms with van der Waals surface area (Å²) >= 11 is 0.